The first-order valence-corrected chi connectivity index (χ1v) is 9.86. The zero-order valence-corrected chi connectivity index (χ0v) is 16.6. The molecule has 2 aromatic carbocycles. The van der Waals surface area contributed by atoms with E-state index in [0.717, 1.165) is 12.0 Å². The Balaban J connectivity index is 1.74. The minimum atomic E-state index is -0.587. The van der Waals surface area contributed by atoms with E-state index in [-0.39, 0.29) is 11.9 Å². The lowest BCUT2D eigenvalue weighted by Gasteiger charge is -2.26. The van der Waals surface area contributed by atoms with Crippen molar-refractivity contribution >= 4 is 11.7 Å². The summed E-state index contributed by atoms with van der Waals surface area (Å²) in [4.78, 5) is 28.4. The Hall–Kier alpha value is -3.67. The van der Waals surface area contributed by atoms with Crippen molar-refractivity contribution in [2.45, 2.75) is 32.0 Å². The summed E-state index contributed by atoms with van der Waals surface area (Å²) in [6, 6.07) is 15.9. The zero-order valence-electron chi connectivity index (χ0n) is 16.6. The molecule has 2 N–H and O–H groups in total. The summed E-state index contributed by atoms with van der Waals surface area (Å²) in [5.74, 6) is 0.587. The molecule has 0 fully saturated rings. The number of hydrogen-bond acceptors (Lipinski definition) is 5. The molecule has 1 amide bonds. The van der Waals surface area contributed by atoms with E-state index in [0.29, 0.717) is 34.6 Å². The topological polar surface area (TPSA) is 91.5 Å². The van der Waals surface area contributed by atoms with Crippen molar-refractivity contribution in [2.75, 3.05) is 0 Å². The maximum absolute atomic E-state index is 12.4. The van der Waals surface area contributed by atoms with Crippen molar-refractivity contribution in [3.05, 3.63) is 89.2 Å². The maximum Gasteiger partial charge on any atom is 0.249 e. The predicted octanol–water partition coefficient (Wildman–Crippen LogP) is 4.09. The first kappa shape index (κ1) is 19.6. The monoisotopic (exact) mass is 402 g/mol. The fourth-order valence-electron chi connectivity index (χ4n) is 3.60. The highest BCUT2D eigenvalue weighted by molar-refractivity contribution is 6.00. The molecular formula is C24H22N2O4. The van der Waals surface area contributed by atoms with Crippen molar-refractivity contribution in [2.24, 2.45) is 5.73 Å². The van der Waals surface area contributed by atoms with Crippen LogP contribution in [0.3, 0.4) is 0 Å². The molecule has 2 atom stereocenters. The molecule has 0 radical (unpaired) electrons. The van der Waals surface area contributed by atoms with E-state index >= 15 is 0 Å². The number of ketones is 1. The van der Waals surface area contributed by atoms with Gasteiger partial charge in [-0.2, -0.15) is 0 Å². The molecule has 6 nitrogen and oxygen atoms in total. The van der Waals surface area contributed by atoms with Crippen LogP contribution in [0.4, 0.5) is 0 Å². The van der Waals surface area contributed by atoms with Crippen LogP contribution in [0, 0.1) is 0 Å². The van der Waals surface area contributed by atoms with E-state index in [1.165, 1.54) is 0 Å². The third kappa shape index (κ3) is 3.89. The molecule has 0 saturated heterocycles. The quantitative estimate of drug-likeness (QED) is 0.670. The van der Waals surface area contributed by atoms with Gasteiger partial charge in [0.2, 0.25) is 5.91 Å². The van der Waals surface area contributed by atoms with E-state index in [2.05, 4.69) is 4.98 Å². The van der Waals surface area contributed by atoms with Gasteiger partial charge in [-0.3, -0.25) is 14.6 Å². The Morgan fingerprint density at radius 2 is 1.97 bits per heavy atom. The van der Waals surface area contributed by atoms with Crippen LogP contribution in [0.2, 0.25) is 0 Å². The summed E-state index contributed by atoms with van der Waals surface area (Å²) >= 11 is 0. The second kappa shape index (κ2) is 8.37. The Labute approximate surface area is 174 Å². The summed E-state index contributed by atoms with van der Waals surface area (Å²) < 4.78 is 12.3. The van der Waals surface area contributed by atoms with E-state index in [9.17, 15) is 9.59 Å². The highest BCUT2D eigenvalue weighted by Gasteiger charge is 2.27. The van der Waals surface area contributed by atoms with Crippen LogP contribution >= 0.6 is 0 Å². The first-order valence-electron chi connectivity index (χ1n) is 9.86. The molecule has 1 aromatic heterocycles. The highest BCUT2D eigenvalue weighted by Crippen LogP contribution is 2.36. The normalized spacial score (nSPS) is 16.3. The van der Waals surface area contributed by atoms with Crippen LogP contribution in [-0.4, -0.2) is 22.8 Å². The maximum atomic E-state index is 12.4. The number of hydrogen-bond donors (Lipinski definition) is 1. The van der Waals surface area contributed by atoms with Crippen LogP contribution in [0.1, 0.15) is 57.7 Å². The fourth-order valence-corrected chi connectivity index (χ4v) is 3.60. The van der Waals surface area contributed by atoms with E-state index in [1.807, 2.05) is 31.2 Å². The molecule has 3 aromatic rings. The van der Waals surface area contributed by atoms with E-state index in [1.54, 1.807) is 42.7 Å². The van der Waals surface area contributed by atoms with Gasteiger partial charge in [0.1, 0.15) is 23.7 Å². The molecule has 0 saturated carbocycles. The van der Waals surface area contributed by atoms with Crippen molar-refractivity contribution in [1.29, 1.82) is 0 Å². The van der Waals surface area contributed by atoms with E-state index < -0.39 is 12.0 Å². The van der Waals surface area contributed by atoms with Crippen LogP contribution in [0.25, 0.3) is 0 Å². The van der Waals surface area contributed by atoms with Gasteiger partial charge in [0, 0.05) is 36.0 Å². The number of benzene rings is 2. The molecule has 1 unspecified atom stereocenters. The highest BCUT2D eigenvalue weighted by atomic mass is 16.5. The number of fused-ring (bicyclic) bond motifs is 1. The summed E-state index contributed by atoms with van der Waals surface area (Å²) in [5, 5.41) is 0. The SMILES string of the molecule is CCC1CC(=O)c2ccc(O[C@@H](c3ccncc3)c3ccccc3C(N)=O)cc2O1. The van der Waals surface area contributed by atoms with Crippen molar-refractivity contribution in [3.8, 4) is 11.5 Å². The second-order valence-corrected chi connectivity index (χ2v) is 7.16. The van der Waals surface area contributed by atoms with Gasteiger partial charge in [-0.05, 0) is 42.3 Å². The lowest BCUT2D eigenvalue weighted by Crippen LogP contribution is -2.26. The average molecular weight is 402 g/mol. The predicted molar refractivity (Wildman–Crippen MR) is 112 cm³/mol. The largest absolute Gasteiger partial charge is 0.489 e. The minimum Gasteiger partial charge on any atom is -0.489 e. The average Bonchev–Trinajstić information content (AvgIpc) is 2.77. The standard InChI is InChI=1S/C24H22N2O4/c1-2-16-13-21(27)20-8-7-17(14-22(20)29-16)30-23(15-9-11-26-12-10-15)18-5-3-4-6-19(18)24(25)28/h3-12,14,16,23H,2,13H2,1H3,(H2,25,28)/t16?,23-/m0/s1. The number of primary amides is 1. The number of rotatable bonds is 6. The molecule has 152 valence electrons. The lowest BCUT2D eigenvalue weighted by atomic mass is 9.96. The second-order valence-electron chi connectivity index (χ2n) is 7.16. The summed E-state index contributed by atoms with van der Waals surface area (Å²) in [5.41, 5.74) is 8.01. The zero-order chi connectivity index (χ0) is 21.1. The number of aromatic nitrogens is 1. The molecule has 1 aliphatic heterocycles. The van der Waals surface area contributed by atoms with Crippen LogP contribution in [0.15, 0.2) is 67.0 Å². The number of carbonyl (C=O) groups excluding carboxylic acids is 2. The molecule has 0 bridgehead atoms. The van der Waals surface area contributed by atoms with Crippen molar-refractivity contribution < 1.29 is 19.1 Å². The third-order valence-corrected chi connectivity index (χ3v) is 5.19. The van der Waals surface area contributed by atoms with Gasteiger partial charge in [0.25, 0.3) is 0 Å². The summed E-state index contributed by atoms with van der Waals surface area (Å²) in [6.07, 6.45) is 3.75. The summed E-state index contributed by atoms with van der Waals surface area (Å²) in [7, 11) is 0. The Morgan fingerprint density at radius 3 is 2.70 bits per heavy atom. The lowest BCUT2D eigenvalue weighted by molar-refractivity contribution is 0.0843. The van der Waals surface area contributed by atoms with Crippen molar-refractivity contribution in [3.63, 3.8) is 0 Å². The van der Waals surface area contributed by atoms with Crippen LogP contribution in [-0.2, 0) is 0 Å². The van der Waals surface area contributed by atoms with Gasteiger partial charge in [-0.15, -0.1) is 0 Å². The number of pyridine rings is 1. The molecule has 30 heavy (non-hydrogen) atoms. The summed E-state index contributed by atoms with van der Waals surface area (Å²) in [6.45, 7) is 1.99. The molecule has 0 aliphatic carbocycles. The number of Topliss-reactive ketones (excluding diaryl/α,β-unsaturated/α-hetero) is 1. The smallest absolute Gasteiger partial charge is 0.249 e. The Morgan fingerprint density at radius 1 is 1.20 bits per heavy atom. The molecule has 6 heteroatoms. The van der Waals surface area contributed by atoms with Crippen LogP contribution in [0.5, 0.6) is 11.5 Å². The number of carbonyl (C=O) groups is 2. The number of ether oxygens (including phenoxy) is 2. The van der Waals surface area contributed by atoms with Gasteiger partial charge in [-0.25, -0.2) is 0 Å². The van der Waals surface area contributed by atoms with Gasteiger partial charge in [-0.1, -0.05) is 25.1 Å². The van der Waals surface area contributed by atoms with Crippen molar-refractivity contribution in [1.82, 2.24) is 4.98 Å². The number of nitrogens with zero attached hydrogens (tertiary/aromatic N) is 1. The third-order valence-electron chi connectivity index (χ3n) is 5.19. The molecule has 1 aliphatic rings. The Kier molecular flexibility index (Phi) is 5.48. The van der Waals surface area contributed by atoms with Crippen LogP contribution < -0.4 is 15.2 Å². The Bertz CT molecular complexity index is 1080. The van der Waals surface area contributed by atoms with Gasteiger partial charge in [0.15, 0.2) is 5.78 Å². The molecule has 0 spiro atoms. The fraction of sp³-hybridized carbons (Fsp3) is 0.208. The molecule has 4 rings (SSSR count). The van der Waals surface area contributed by atoms with Gasteiger partial charge in [0.05, 0.1) is 5.56 Å². The number of nitrogens with two attached hydrogens (primary N) is 1. The van der Waals surface area contributed by atoms with Gasteiger partial charge < -0.3 is 15.2 Å². The molecular weight excluding hydrogens is 380 g/mol. The first-order chi connectivity index (χ1) is 14.6. The van der Waals surface area contributed by atoms with Gasteiger partial charge >= 0.3 is 0 Å². The number of amides is 1. The van der Waals surface area contributed by atoms with E-state index in [4.69, 9.17) is 15.2 Å². The molecule has 2 heterocycles. The minimum absolute atomic E-state index is 0.0689.